The Kier molecular flexibility index (Phi) is 4.58. The minimum atomic E-state index is -0.502. The maximum atomic E-state index is 12.8. The van der Waals surface area contributed by atoms with Crippen LogP contribution in [0.1, 0.15) is 49.4 Å². The average molecular weight is 372 g/mol. The van der Waals surface area contributed by atoms with Gasteiger partial charge in [0.25, 0.3) is 5.91 Å². The maximum Gasteiger partial charge on any atom is 0.256 e. The first-order valence-electron chi connectivity index (χ1n) is 9.80. The van der Waals surface area contributed by atoms with Crippen LogP contribution in [-0.2, 0) is 9.53 Å². The Morgan fingerprint density at radius 1 is 1.44 bits per heavy atom. The summed E-state index contributed by atoms with van der Waals surface area (Å²) in [6.45, 7) is 3.48. The van der Waals surface area contributed by atoms with Crippen molar-refractivity contribution in [2.45, 2.75) is 44.7 Å². The molecule has 3 saturated carbocycles. The van der Waals surface area contributed by atoms with Crippen molar-refractivity contribution in [2.75, 3.05) is 25.6 Å². The highest BCUT2D eigenvalue weighted by Gasteiger charge is 2.60. The van der Waals surface area contributed by atoms with Crippen LogP contribution in [0.3, 0.4) is 0 Å². The largest absolute Gasteiger partial charge is 0.385 e. The second kappa shape index (κ2) is 6.78. The molecule has 2 heterocycles. The molecule has 7 nitrogen and oxygen atoms in total. The van der Waals surface area contributed by atoms with Crippen molar-refractivity contribution in [2.24, 2.45) is 17.3 Å². The molecule has 1 aromatic rings. The molecule has 0 unspecified atom stereocenters. The lowest BCUT2D eigenvalue weighted by atomic mass is 9.51. The first kappa shape index (κ1) is 18.2. The molecule has 3 fully saturated rings. The molecule has 4 atom stereocenters. The number of pyridine rings is 1. The first-order chi connectivity index (χ1) is 13.0. The van der Waals surface area contributed by atoms with E-state index in [0.29, 0.717) is 24.5 Å². The van der Waals surface area contributed by atoms with Crippen LogP contribution in [0, 0.1) is 17.3 Å². The molecule has 3 aliphatic carbocycles. The van der Waals surface area contributed by atoms with E-state index in [1.54, 1.807) is 25.4 Å². The minimum Gasteiger partial charge on any atom is -0.385 e. The lowest BCUT2D eigenvalue weighted by Gasteiger charge is -2.60. The van der Waals surface area contributed by atoms with Gasteiger partial charge in [-0.3, -0.25) is 9.59 Å². The quantitative estimate of drug-likeness (QED) is 0.687. The molecular formula is C20H28N4O3. The summed E-state index contributed by atoms with van der Waals surface area (Å²) in [5.74, 6) is 0.904. The Morgan fingerprint density at radius 2 is 2.30 bits per heavy atom. The Morgan fingerprint density at radius 3 is 3.07 bits per heavy atom. The van der Waals surface area contributed by atoms with Gasteiger partial charge in [0.1, 0.15) is 11.5 Å². The summed E-state index contributed by atoms with van der Waals surface area (Å²) in [4.78, 5) is 29.9. The van der Waals surface area contributed by atoms with Gasteiger partial charge in [-0.2, -0.15) is 0 Å². The molecule has 7 heteroatoms. The van der Waals surface area contributed by atoms with E-state index >= 15 is 0 Å². The summed E-state index contributed by atoms with van der Waals surface area (Å²) >= 11 is 0. The predicted molar refractivity (Wildman–Crippen MR) is 101 cm³/mol. The third-order valence-corrected chi connectivity index (χ3v) is 6.68. The van der Waals surface area contributed by atoms with Gasteiger partial charge >= 0.3 is 0 Å². The molecule has 1 spiro atoms. The number of nitrogens with one attached hydrogen (secondary N) is 3. The fourth-order valence-electron chi connectivity index (χ4n) is 5.27. The number of anilines is 1. The third-order valence-electron chi connectivity index (χ3n) is 6.68. The smallest absolute Gasteiger partial charge is 0.256 e. The van der Waals surface area contributed by atoms with Crippen LogP contribution < -0.4 is 16.0 Å². The van der Waals surface area contributed by atoms with E-state index in [-0.39, 0.29) is 29.1 Å². The first-order valence-corrected chi connectivity index (χ1v) is 9.80. The highest BCUT2D eigenvalue weighted by atomic mass is 16.5. The molecular weight excluding hydrogens is 344 g/mol. The Balaban J connectivity index is 1.51. The van der Waals surface area contributed by atoms with Gasteiger partial charge in [0.05, 0.1) is 5.56 Å². The van der Waals surface area contributed by atoms with Crippen molar-refractivity contribution >= 4 is 17.6 Å². The number of fused-ring (bicyclic) bond motifs is 3. The SMILES string of the molecule is COCCCNC(=O)[C@H]1C[C@@H]2CC[C@@]1(C)C[C@]21NC(=O)c2cccnc2N1. The summed E-state index contributed by atoms with van der Waals surface area (Å²) in [5, 5.41) is 9.83. The second-order valence-corrected chi connectivity index (χ2v) is 8.44. The molecule has 146 valence electrons. The standard InChI is InChI=1S/C20H28N4O3/c1-19-7-6-13(11-15(19)18(26)22-9-4-10-27-2)20(12-19)23-16-14(17(25)24-20)5-3-8-21-16/h3,5,8,13,15H,4,6-7,9-12H2,1-2H3,(H,21,23)(H,22,26)(H,24,25)/t13-,15+,19-,20-/m0/s1. The number of hydrogen-bond acceptors (Lipinski definition) is 5. The fourth-order valence-corrected chi connectivity index (χ4v) is 5.27. The van der Waals surface area contributed by atoms with Gasteiger partial charge in [-0.1, -0.05) is 6.92 Å². The summed E-state index contributed by atoms with van der Waals surface area (Å²) in [7, 11) is 1.67. The zero-order valence-corrected chi connectivity index (χ0v) is 16.0. The van der Waals surface area contributed by atoms with Crippen molar-refractivity contribution < 1.29 is 14.3 Å². The number of amides is 2. The molecule has 2 bridgehead atoms. The van der Waals surface area contributed by atoms with Crippen molar-refractivity contribution in [3.05, 3.63) is 23.9 Å². The van der Waals surface area contributed by atoms with Crippen LogP contribution in [0.25, 0.3) is 0 Å². The van der Waals surface area contributed by atoms with E-state index in [2.05, 4.69) is 27.9 Å². The average Bonchev–Trinajstić information content (AvgIpc) is 2.64. The van der Waals surface area contributed by atoms with E-state index < -0.39 is 5.66 Å². The molecule has 1 aromatic heterocycles. The van der Waals surface area contributed by atoms with Gasteiger partial charge in [0, 0.05) is 38.3 Å². The van der Waals surface area contributed by atoms with E-state index in [1.165, 1.54) is 0 Å². The number of ether oxygens (including phenoxy) is 1. The molecule has 0 radical (unpaired) electrons. The van der Waals surface area contributed by atoms with Gasteiger partial charge in [-0.15, -0.1) is 0 Å². The van der Waals surface area contributed by atoms with E-state index in [0.717, 1.165) is 32.1 Å². The Bertz CT molecular complexity index is 754. The summed E-state index contributed by atoms with van der Waals surface area (Å²) in [6, 6.07) is 3.56. The van der Waals surface area contributed by atoms with E-state index in [1.807, 2.05) is 0 Å². The molecule has 0 aromatic carbocycles. The Hall–Kier alpha value is -2.15. The number of aromatic nitrogens is 1. The number of rotatable bonds is 5. The number of carbonyl (C=O) groups is 2. The molecule has 5 rings (SSSR count). The van der Waals surface area contributed by atoms with Crippen LogP contribution in [0.4, 0.5) is 5.82 Å². The van der Waals surface area contributed by atoms with E-state index in [4.69, 9.17) is 4.74 Å². The van der Waals surface area contributed by atoms with Crippen LogP contribution in [0.5, 0.6) is 0 Å². The number of nitrogens with zero attached hydrogens (tertiary/aromatic N) is 1. The van der Waals surface area contributed by atoms with Gasteiger partial charge in [-0.25, -0.2) is 4.98 Å². The lowest BCUT2D eigenvalue weighted by Crippen LogP contribution is -2.70. The van der Waals surface area contributed by atoms with Crippen molar-refractivity contribution in [1.82, 2.24) is 15.6 Å². The molecule has 3 N–H and O–H groups in total. The number of hydrogen-bond donors (Lipinski definition) is 3. The van der Waals surface area contributed by atoms with Crippen molar-refractivity contribution in [1.29, 1.82) is 0 Å². The van der Waals surface area contributed by atoms with Gasteiger partial charge in [-0.05, 0) is 49.7 Å². The molecule has 1 aliphatic heterocycles. The zero-order valence-electron chi connectivity index (χ0n) is 16.0. The summed E-state index contributed by atoms with van der Waals surface area (Å²) in [6.07, 6.45) is 6.04. The van der Waals surface area contributed by atoms with Gasteiger partial charge < -0.3 is 20.7 Å². The minimum absolute atomic E-state index is 0.0201. The summed E-state index contributed by atoms with van der Waals surface area (Å²) < 4.78 is 5.05. The zero-order chi connectivity index (χ0) is 19.1. The highest BCUT2D eigenvalue weighted by molar-refractivity contribution is 6.01. The number of methoxy groups -OCH3 is 1. The second-order valence-electron chi connectivity index (χ2n) is 8.44. The van der Waals surface area contributed by atoms with Crippen molar-refractivity contribution in [3.63, 3.8) is 0 Å². The summed E-state index contributed by atoms with van der Waals surface area (Å²) in [5.41, 5.74) is -0.0626. The van der Waals surface area contributed by atoms with Crippen molar-refractivity contribution in [3.8, 4) is 0 Å². The van der Waals surface area contributed by atoms with Gasteiger partial charge in [0.2, 0.25) is 5.91 Å². The maximum absolute atomic E-state index is 12.8. The number of carbonyl (C=O) groups excluding carboxylic acids is 2. The predicted octanol–water partition coefficient (Wildman–Crippen LogP) is 1.91. The fraction of sp³-hybridized carbons (Fsp3) is 0.650. The van der Waals surface area contributed by atoms with Crippen LogP contribution in [0.2, 0.25) is 0 Å². The molecule has 4 aliphatic rings. The van der Waals surface area contributed by atoms with Crippen LogP contribution in [0.15, 0.2) is 18.3 Å². The Labute approximate surface area is 159 Å². The monoisotopic (exact) mass is 372 g/mol. The normalized spacial score (nSPS) is 33.9. The third kappa shape index (κ3) is 3.08. The lowest BCUT2D eigenvalue weighted by molar-refractivity contribution is -0.139. The molecule has 0 saturated heterocycles. The highest BCUT2D eigenvalue weighted by Crippen LogP contribution is 2.58. The van der Waals surface area contributed by atoms with Gasteiger partial charge in [0.15, 0.2) is 0 Å². The van der Waals surface area contributed by atoms with Crippen LogP contribution in [-0.4, -0.2) is 42.7 Å². The molecule has 27 heavy (non-hydrogen) atoms. The molecule has 2 amide bonds. The van der Waals surface area contributed by atoms with Crippen LogP contribution >= 0.6 is 0 Å². The van der Waals surface area contributed by atoms with E-state index in [9.17, 15) is 9.59 Å². The topological polar surface area (TPSA) is 92.4 Å².